The van der Waals surface area contributed by atoms with E-state index >= 15 is 0 Å². The minimum atomic E-state index is 0.0666. The maximum absolute atomic E-state index is 9.75. The van der Waals surface area contributed by atoms with E-state index in [1.165, 1.54) is 17.6 Å². The summed E-state index contributed by atoms with van der Waals surface area (Å²) in [5, 5.41) is 13.6. The van der Waals surface area contributed by atoms with Crippen molar-refractivity contribution in [2.45, 2.75) is 0 Å². The summed E-state index contributed by atoms with van der Waals surface area (Å²) in [7, 11) is 0. The largest absolute Gasteiger partial charge is 0.507 e. The van der Waals surface area contributed by atoms with Crippen LogP contribution in [0.25, 0.3) is 10.4 Å². The van der Waals surface area contributed by atoms with Crippen LogP contribution in [0, 0.1) is 0 Å². The number of thiocarbonyl (C=S) groups is 1. The lowest BCUT2D eigenvalue weighted by molar-refractivity contribution is 0.474. The quantitative estimate of drug-likeness (QED) is 0.463. The summed E-state index contributed by atoms with van der Waals surface area (Å²) in [4.78, 5) is 1.02. The lowest BCUT2D eigenvalue weighted by Gasteiger charge is -2.02. The first kappa shape index (κ1) is 13.8. The molecule has 0 spiro atoms. The summed E-state index contributed by atoms with van der Waals surface area (Å²) >= 11 is 12.0. The minimum absolute atomic E-state index is 0.0666. The number of phenols is 1. The minimum Gasteiger partial charge on any atom is -0.507 e. The lowest BCUT2D eigenvalue weighted by atomic mass is 10.1. The molecule has 0 atom stereocenters. The van der Waals surface area contributed by atoms with Gasteiger partial charge in [-0.05, 0) is 48.1 Å². The van der Waals surface area contributed by atoms with Crippen LogP contribution in [0.5, 0.6) is 5.75 Å². The SMILES string of the molecule is NC(=S)N/N=C/c1cc(-c2ccc(Cl)s2)ccc1O. The number of hydrogen-bond acceptors (Lipinski definition) is 4. The predicted octanol–water partition coefficient (Wildman–Crippen LogP) is 2.94. The molecule has 0 saturated carbocycles. The average molecular weight is 312 g/mol. The Hall–Kier alpha value is -1.63. The fourth-order valence-electron chi connectivity index (χ4n) is 1.45. The van der Waals surface area contributed by atoms with E-state index in [-0.39, 0.29) is 10.9 Å². The molecule has 1 aromatic heterocycles. The standard InChI is InChI=1S/C12H10ClN3OS2/c13-11-4-3-10(19-11)7-1-2-9(17)8(5-7)6-15-16-12(14)18/h1-6,17H,(H3,14,16,18)/b15-6+. The number of nitrogens with zero attached hydrogens (tertiary/aromatic N) is 1. The Morgan fingerprint density at radius 1 is 1.42 bits per heavy atom. The molecule has 0 unspecified atom stereocenters. The van der Waals surface area contributed by atoms with Crippen LogP contribution in [-0.4, -0.2) is 16.4 Å². The number of halogens is 1. The second-order valence-electron chi connectivity index (χ2n) is 3.61. The molecule has 2 aromatic rings. The van der Waals surface area contributed by atoms with Crippen LogP contribution >= 0.6 is 35.2 Å². The van der Waals surface area contributed by atoms with E-state index in [0.29, 0.717) is 9.90 Å². The van der Waals surface area contributed by atoms with Crippen molar-refractivity contribution in [3.05, 3.63) is 40.2 Å². The lowest BCUT2D eigenvalue weighted by Crippen LogP contribution is -2.23. The zero-order valence-corrected chi connectivity index (χ0v) is 12.0. The van der Waals surface area contributed by atoms with Crippen LogP contribution in [-0.2, 0) is 0 Å². The topological polar surface area (TPSA) is 70.6 Å². The summed E-state index contributed by atoms with van der Waals surface area (Å²) in [5.74, 6) is 0.125. The fraction of sp³-hybridized carbons (Fsp3) is 0. The van der Waals surface area contributed by atoms with Crippen molar-refractivity contribution in [2.24, 2.45) is 10.8 Å². The first-order valence-corrected chi connectivity index (χ1v) is 6.84. The third-order valence-corrected chi connectivity index (χ3v) is 3.64. The van der Waals surface area contributed by atoms with Gasteiger partial charge in [0.25, 0.3) is 0 Å². The van der Waals surface area contributed by atoms with Gasteiger partial charge in [-0.15, -0.1) is 11.3 Å². The number of nitrogens with one attached hydrogen (secondary N) is 1. The zero-order chi connectivity index (χ0) is 13.8. The number of thiophene rings is 1. The molecule has 98 valence electrons. The van der Waals surface area contributed by atoms with E-state index in [9.17, 15) is 5.11 Å². The monoisotopic (exact) mass is 311 g/mol. The third kappa shape index (κ3) is 3.66. The molecule has 0 radical (unpaired) electrons. The van der Waals surface area contributed by atoms with Crippen LogP contribution < -0.4 is 11.2 Å². The molecule has 1 aromatic carbocycles. The van der Waals surface area contributed by atoms with Gasteiger partial charge in [0.1, 0.15) is 5.75 Å². The molecule has 0 aliphatic heterocycles. The molecule has 4 nitrogen and oxygen atoms in total. The average Bonchev–Trinajstić information content (AvgIpc) is 2.78. The van der Waals surface area contributed by atoms with E-state index in [4.69, 9.17) is 17.3 Å². The molecule has 4 N–H and O–H groups in total. The molecule has 7 heteroatoms. The van der Waals surface area contributed by atoms with Gasteiger partial charge in [-0.25, -0.2) is 0 Å². The highest BCUT2D eigenvalue weighted by Crippen LogP contribution is 2.32. The van der Waals surface area contributed by atoms with Crippen LogP contribution in [0.4, 0.5) is 0 Å². The highest BCUT2D eigenvalue weighted by Gasteiger charge is 2.05. The van der Waals surface area contributed by atoms with Gasteiger partial charge in [-0.1, -0.05) is 11.6 Å². The van der Waals surface area contributed by atoms with Crippen molar-refractivity contribution < 1.29 is 5.11 Å². The molecule has 0 aliphatic rings. The van der Waals surface area contributed by atoms with Crippen molar-refractivity contribution in [1.82, 2.24) is 5.43 Å². The number of hydrogen-bond donors (Lipinski definition) is 3. The number of hydrazone groups is 1. The fourth-order valence-corrected chi connectivity index (χ4v) is 2.54. The summed E-state index contributed by atoms with van der Waals surface area (Å²) in [6.45, 7) is 0. The molecule has 0 fully saturated rings. The summed E-state index contributed by atoms with van der Waals surface area (Å²) < 4.78 is 0.716. The maximum Gasteiger partial charge on any atom is 0.184 e. The molecule has 0 saturated heterocycles. The number of nitrogens with two attached hydrogens (primary N) is 1. The van der Waals surface area contributed by atoms with Crippen molar-refractivity contribution in [3.8, 4) is 16.2 Å². The number of aromatic hydroxyl groups is 1. The van der Waals surface area contributed by atoms with Gasteiger partial charge in [0.15, 0.2) is 5.11 Å². The highest BCUT2D eigenvalue weighted by molar-refractivity contribution is 7.80. The van der Waals surface area contributed by atoms with E-state index in [2.05, 4.69) is 22.7 Å². The van der Waals surface area contributed by atoms with Crippen molar-refractivity contribution in [1.29, 1.82) is 0 Å². The van der Waals surface area contributed by atoms with Crippen LogP contribution in [0.1, 0.15) is 5.56 Å². The molecule has 0 bridgehead atoms. The Balaban J connectivity index is 2.29. The summed E-state index contributed by atoms with van der Waals surface area (Å²) in [6, 6.07) is 8.98. The Morgan fingerprint density at radius 2 is 2.21 bits per heavy atom. The first-order chi connectivity index (χ1) is 9.06. The molecular weight excluding hydrogens is 302 g/mol. The van der Waals surface area contributed by atoms with E-state index in [0.717, 1.165) is 10.4 Å². The van der Waals surface area contributed by atoms with Gasteiger partial charge in [0.05, 0.1) is 10.6 Å². The van der Waals surface area contributed by atoms with Gasteiger partial charge in [0.2, 0.25) is 0 Å². The van der Waals surface area contributed by atoms with E-state index in [1.54, 1.807) is 6.07 Å². The normalized spacial score (nSPS) is 10.8. The van der Waals surface area contributed by atoms with E-state index in [1.807, 2.05) is 24.3 Å². The number of benzene rings is 1. The second-order valence-corrected chi connectivity index (χ2v) is 5.77. The Kier molecular flexibility index (Phi) is 4.36. The second kappa shape index (κ2) is 6.01. The van der Waals surface area contributed by atoms with Crippen molar-refractivity contribution in [2.75, 3.05) is 0 Å². The van der Waals surface area contributed by atoms with Gasteiger partial charge in [-0.2, -0.15) is 5.10 Å². The first-order valence-electron chi connectivity index (χ1n) is 5.23. The van der Waals surface area contributed by atoms with Gasteiger partial charge in [0, 0.05) is 10.4 Å². The summed E-state index contributed by atoms with van der Waals surface area (Å²) in [5.41, 5.74) is 9.19. The Labute approximate surface area is 124 Å². The zero-order valence-electron chi connectivity index (χ0n) is 9.63. The highest BCUT2D eigenvalue weighted by atomic mass is 35.5. The molecule has 1 heterocycles. The smallest absolute Gasteiger partial charge is 0.184 e. The summed E-state index contributed by atoms with van der Waals surface area (Å²) in [6.07, 6.45) is 1.45. The van der Waals surface area contributed by atoms with Gasteiger partial charge >= 0.3 is 0 Å². The van der Waals surface area contributed by atoms with Gasteiger partial charge < -0.3 is 10.8 Å². The van der Waals surface area contributed by atoms with Crippen molar-refractivity contribution >= 4 is 46.5 Å². The van der Waals surface area contributed by atoms with E-state index < -0.39 is 0 Å². The van der Waals surface area contributed by atoms with Crippen LogP contribution in [0.15, 0.2) is 35.4 Å². The van der Waals surface area contributed by atoms with Gasteiger partial charge in [-0.3, -0.25) is 5.43 Å². The predicted molar refractivity (Wildman–Crippen MR) is 83.9 cm³/mol. The Bertz CT molecular complexity index is 640. The molecular formula is C12H10ClN3OS2. The maximum atomic E-state index is 9.75. The van der Waals surface area contributed by atoms with Crippen molar-refractivity contribution in [3.63, 3.8) is 0 Å². The molecule has 0 aliphatic carbocycles. The van der Waals surface area contributed by atoms with Crippen LogP contribution in [0.2, 0.25) is 4.34 Å². The molecule has 19 heavy (non-hydrogen) atoms. The molecule has 2 rings (SSSR count). The number of phenolic OH excluding ortho intramolecular Hbond substituents is 1. The molecule has 0 amide bonds. The Morgan fingerprint density at radius 3 is 2.84 bits per heavy atom. The van der Waals surface area contributed by atoms with Crippen LogP contribution in [0.3, 0.4) is 0 Å². The third-order valence-electron chi connectivity index (χ3n) is 2.26. The number of rotatable bonds is 3.